The van der Waals surface area contributed by atoms with E-state index in [9.17, 15) is 19.2 Å². The molecule has 0 saturated carbocycles. The Kier molecular flexibility index (Phi) is 27.0. The number of ether oxygens (including phenoxy) is 11. The molecule has 0 spiro atoms. The van der Waals surface area contributed by atoms with Crippen LogP contribution >= 0.6 is 0 Å². The van der Waals surface area contributed by atoms with E-state index in [1.807, 2.05) is 106 Å². The molecule has 4 aliphatic rings. The Morgan fingerprint density at radius 3 is 1.46 bits per heavy atom. The molecule has 6 unspecified atom stereocenters. The molecular formula is C96H115NO15. The monoisotopic (exact) mass is 1520 g/mol. The van der Waals surface area contributed by atoms with Gasteiger partial charge in [0.25, 0.3) is 0 Å². The molecule has 0 aliphatic carbocycles. The Hall–Kier alpha value is -9.16. The Labute approximate surface area is 662 Å². The molecular weight excluding hydrogens is 1410 g/mol. The van der Waals surface area contributed by atoms with Gasteiger partial charge in [0.05, 0.1) is 43.9 Å². The van der Waals surface area contributed by atoms with Crippen LogP contribution in [-0.4, -0.2) is 125 Å². The summed E-state index contributed by atoms with van der Waals surface area (Å²) in [4.78, 5) is 55.9. The molecule has 4 aliphatic heterocycles. The van der Waals surface area contributed by atoms with Crippen molar-refractivity contribution in [2.45, 2.75) is 193 Å². The van der Waals surface area contributed by atoms with Crippen molar-refractivity contribution in [3.8, 4) is 23.0 Å². The Balaban J connectivity index is 0.540. The quantitative estimate of drug-likeness (QED) is 0.0265. The summed E-state index contributed by atoms with van der Waals surface area (Å²) in [5, 5.41) is 4.75. The van der Waals surface area contributed by atoms with Crippen LogP contribution in [0.5, 0.6) is 23.0 Å². The third-order valence-corrected chi connectivity index (χ3v) is 22.9. The zero-order chi connectivity index (χ0) is 79.1. The molecule has 2 fully saturated rings. The fraction of sp³-hybridized carbons (Fsp3) is 0.458. The van der Waals surface area contributed by atoms with Gasteiger partial charge in [-0.05, 0) is 180 Å². The van der Waals surface area contributed by atoms with Crippen LogP contribution in [0.1, 0.15) is 186 Å². The van der Waals surface area contributed by atoms with Crippen LogP contribution in [-0.2, 0) is 70.0 Å². The number of carbonyl (C=O) groups excluding carboxylic acids is 4. The Morgan fingerprint density at radius 1 is 0.491 bits per heavy atom. The number of carbonyl (C=O) groups is 4. The van der Waals surface area contributed by atoms with Crippen molar-refractivity contribution < 1.29 is 71.3 Å². The SMILES string of the molecule is CCC(CC(C)(C)CCOC(C)(C)CC(CC)OC(C)(C)C(=O)CCC(=O)OCCOc1ccc(C2(c3ccccc3)C=Cc3c(cc(N4CCOCC4)c4ccccc34)O2)cc1)OC(C)(C)C(=O)CCC(=O)OCCOc1ccc(C2(c3ccccc3)C=Cc3c(cc(CC4CCOCCC4C)c4ccccc34)O2)cc1. The first-order chi connectivity index (χ1) is 53.9. The maximum Gasteiger partial charge on any atom is 0.306 e. The highest BCUT2D eigenvalue weighted by molar-refractivity contribution is 6.02. The maximum atomic E-state index is 13.7. The molecule has 2 saturated heterocycles. The van der Waals surface area contributed by atoms with Crippen LogP contribution in [0.25, 0.3) is 33.7 Å². The van der Waals surface area contributed by atoms with E-state index >= 15 is 0 Å². The first-order valence-corrected chi connectivity index (χ1v) is 40.6. The Morgan fingerprint density at radius 2 is 0.938 bits per heavy atom. The fourth-order valence-corrected chi connectivity index (χ4v) is 16.2. The molecule has 6 atom stereocenters. The van der Waals surface area contributed by atoms with Crippen molar-refractivity contribution in [2.24, 2.45) is 17.3 Å². The van der Waals surface area contributed by atoms with Crippen molar-refractivity contribution in [1.82, 2.24) is 0 Å². The molecule has 8 aromatic carbocycles. The number of hydrogen-bond donors (Lipinski definition) is 0. The molecule has 16 nitrogen and oxygen atoms in total. The average Bonchev–Trinajstić information content (AvgIpc) is 0.748. The summed E-state index contributed by atoms with van der Waals surface area (Å²) in [6.07, 6.45) is 14.3. The molecule has 112 heavy (non-hydrogen) atoms. The summed E-state index contributed by atoms with van der Waals surface area (Å²) < 4.78 is 69.0. The van der Waals surface area contributed by atoms with Crippen molar-refractivity contribution in [3.63, 3.8) is 0 Å². The van der Waals surface area contributed by atoms with Crippen LogP contribution in [0, 0.1) is 17.3 Å². The number of benzene rings is 8. The van der Waals surface area contributed by atoms with Crippen molar-refractivity contribution in [2.75, 3.05) is 77.5 Å². The molecule has 0 aromatic heterocycles. The summed E-state index contributed by atoms with van der Waals surface area (Å²) in [6.45, 7) is 27.3. The Bertz CT molecular complexity index is 4560. The van der Waals surface area contributed by atoms with Gasteiger partial charge in [-0.3, -0.25) is 19.2 Å². The third-order valence-electron chi connectivity index (χ3n) is 22.9. The summed E-state index contributed by atoms with van der Waals surface area (Å²) in [7, 11) is 0. The largest absolute Gasteiger partial charge is 0.490 e. The van der Waals surface area contributed by atoms with E-state index in [0.717, 1.165) is 108 Å². The lowest BCUT2D eigenvalue weighted by molar-refractivity contribution is -0.157. The van der Waals surface area contributed by atoms with Gasteiger partial charge < -0.3 is 57.0 Å². The minimum atomic E-state index is -1.16. The normalized spacial score (nSPS) is 19.2. The van der Waals surface area contributed by atoms with Crippen LogP contribution in [0.2, 0.25) is 0 Å². The second kappa shape index (κ2) is 36.8. The van der Waals surface area contributed by atoms with Crippen molar-refractivity contribution >= 4 is 62.9 Å². The van der Waals surface area contributed by atoms with Crippen LogP contribution < -0.4 is 23.8 Å². The van der Waals surface area contributed by atoms with Gasteiger partial charge in [-0.25, -0.2) is 0 Å². The minimum Gasteiger partial charge on any atom is -0.490 e. The van der Waals surface area contributed by atoms with Gasteiger partial charge in [-0.2, -0.15) is 0 Å². The lowest BCUT2D eigenvalue weighted by atomic mass is 9.81. The number of fused-ring (bicyclic) bond motifs is 6. The summed E-state index contributed by atoms with van der Waals surface area (Å²) >= 11 is 0. The number of Topliss-reactive ketones (excluding diaryl/α,β-unsaturated/α-hetero) is 2. The second-order valence-electron chi connectivity index (χ2n) is 32.9. The fourth-order valence-electron chi connectivity index (χ4n) is 16.2. The van der Waals surface area contributed by atoms with E-state index < -0.39 is 39.9 Å². The number of esters is 2. The van der Waals surface area contributed by atoms with E-state index in [4.69, 9.17) is 52.1 Å². The number of ketones is 2. The topological polar surface area (TPSA) is 173 Å². The van der Waals surface area contributed by atoms with E-state index in [0.29, 0.717) is 68.8 Å². The number of nitrogens with zero attached hydrogens (tertiary/aromatic N) is 1. The van der Waals surface area contributed by atoms with Crippen LogP contribution in [0.4, 0.5) is 5.69 Å². The van der Waals surface area contributed by atoms with Crippen LogP contribution in [0.3, 0.4) is 0 Å². The zero-order valence-corrected chi connectivity index (χ0v) is 67.6. The van der Waals surface area contributed by atoms with Gasteiger partial charge in [0, 0.05) is 103 Å². The first-order valence-electron chi connectivity index (χ1n) is 40.6. The minimum absolute atomic E-state index is 0.0155. The zero-order valence-electron chi connectivity index (χ0n) is 67.6. The maximum absolute atomic E-state index is 13.7. The van der Waals surface area contributed by atoms with E-state index in [2.05, 4.69) is 142 Å². The molecule has 0 bridgehead atoms. The van der Waals surface area contributed by atoms with Gasteiger partial charge in [0.2, 0.25) is 0 Å². The first kappa shape index (κ1) is 82.3. The van der Waals surface area contributed by atoms with Crippen molar-refractivity contribution in [1.29, 1.82) is 0 Å². The molecule has 16 heteroatoms. The van der Waals surface area contributed by atoms with Gasteiger partial charge in [0.15, 0.2) is 22.8 Å². The summed E-state index contributed by atoms with van der Waals surface area (Å²) in [6, 6.07) is 57.9. The average molecular weight is 1520 g/mol. The molecule has 4 heterocycles. The van der Waals surface area contributed by atoms with Crippen molar-refractivity contribution in [3.05, 3.63) is 221 Å². The molecule has 0 N–H and O–H groups in total. The number of anilines is 1. The van der Waals surface area contributed by atoms with Gasteiger partial charge in [0.1, 0.15) is 60.6 Å². The molecule has 0 amide bonds. The lowest BCUT2D eigenvalue weighted by Crippen LogP contribution is -2.42. The second-order valence-corrected chi connectivity index (χ2v) is 32.9. The van der Waals surface area contributed by atoms with Gasteiger partial charge in [-0.1, -0.05) is 168 Å². The highest BCUT2D eigenvalue weighted by Crippen LogP contribution is 2.49. The predicted octanol–water partition coefficient (Wildman–Crippen LogP) is 19.5. The predicted molar refractivity (Wildman–Crippen MR) is 442 cm³/mol. The lowest BCUT2D eigenvalue weighted by Gasteiger charge is -2.38. The van der Waals surface area contributed by atoms with E-state index in [1.165, 1.54) is 21.7 Å². The highest BCUT2D eigenvalue weighted by Gasteiger charge is 2.42. The van der Waals surface area contributed by atoms with E-state index in [-0.39, 0.29) is 81.3 Å². The van der Waals surface area contributed by atoms with Gasteiger partial charge >= 0.3 is 11.9 Å². The molecule has 8 aromatic rings. The number of rotatable bonds is 37. The third kappa shape index (κ3) is 20.2. The van der Waals surface area contributed by atoms with E-state index in [1.54, 1.807) is 27.7 Å². The molecule has 12 rings (SSSR count). The number of hydrogen-bond acceptors (Lipinski definition) is 16. The van der Waals surface area contributed by atoms with Gasteiger partial charge in [-0.15, -0.1) is 0 Å². The smallest absolute Gasteiger partial charge is 0.306 e. The highest BCUT2D eigenvalue weighted by atomic mass is 16.6. The summed E-state index contributed by atoms with van der Waals surface area (Å²) in [5.41, 5.74) is 3.49. The molecule has 594 valence electrons. The number of morpholine rings is 1. The van der Waals surface area contributed by atoms with Crippen LogP contribution in [0.15, 0.2) is 182 Å². The standard InChI is InChI=1S/C96H115NO15/c1-12-74(109-93(8,9)87(98)40-42-89(100)106-60-58-104-76-36-32-72(33-37-76)95(70-24-16-14-17-25-70)48-44-82-79-29-21-20-28-78(79)69(63-85(82)111-95)62-68-47-54-102-53-46-67(68)3)65-91(4,5)50-55-108-92(6,7)66-75(13-2)110-94(10,11)88(99)41-43-90(101)107-61-59-105-77-38-34-73(35-39-77)96(71-26-18-15-19-27-71)49-45-83-80-30-22-23-31-81(80)84(64-86(83)112-96)97-51-56-103-57-52-97/h14-39,44-45,48-49,63-64,67-68,74-75H,12-13,40-43,46-47,50-62,65-66H2,1-11H3. The molecule has 0 radical (unpaired) electrons. The summed E-state index contributed by atoms with van der Waals surface area (Å²) in [5.74, 6) is 2.61.